The summed E-state index contributed by atoms with van der Waals surface area (Å²) < 4.78 is 26.7. The molecule has 33 heavy (non-hydrogen) atoms. The van der Waals surface area contributed by atoms with Crippen molar-refractivity contribution in [3.05, 3.63) is 59.2 Å². The Balaban J connectivity index is 1.37. The van der Waals surface area contributed by atoms with Crippen LogP contribution in [0.4, 0.5) is 14.5 Å². The number of phenolic OH excluding ortho intramolecular Hbond substituents is 1. The van der Waals surface area contributed by atoms with Crippen molar-refractivity contribution in [3.63, 3.8) is 0 Å². The Bertz CT molecular complexity index is 1060. The van der Waals surface area contributed by atoms with Crippen molar-refractivity contribution in [3.8, 4) is 5.75 Å². The predicted octanol–water partition coefficient (Wildman–Crippen LogP) is 3.40. The standard InChI is InChI=1S/C24H25F2N3O4/c25-17-11-16(12-18(26)13-17)22(31)27-19-5-6-20(21(30)14-19)24(33)29-9-7-28(8-10-29)23(32)15-3-1-2-4-15/h5-6,11-15,30H,1-4,7-10H2,(H,27,31). The lowest BCUT2D eigenvalue weighted by molar-refractivity contribution is -0.136. The zero-order valence-corrected chi connectivity index (χ0v) is 18.0. The topological polar surface area (TPSA) is 90.0 Å². The van der Waals surface area contributed by atoms with Gasteiger partial charge in [-0.3, -0.25) is 14.4 Å². The third-order valence-electron chi connectivity index (χ3n) is 6.19. The highest BCUT2D eigenvalue weighted by Gasteiger charge is 2.31. The Morgan fingerprint density at radius 2 is 1.48 bits per heavy atom. The van der Waals surface area contributed by atoms with Crippen molar-refractivity contribution in [2.45, 2.75) is 25.7 Å². The first kappa shape index (κ1) is 22.7. The number of piperazine rings is 1. The summed E-state index contributed by atoms with van der Waals surface area (Å²) in [7, 11) is 0. The highest BCUT2D eigenvalue weighted by molar-refractivity contribution is 6.05. The van der Waals surface area contributed by atoms with E-state index in [1.807, 2.05) is 4.90 Å². The van der Waals surface area contributed by atoms with E-state index in [2.05, 4.69) is 5.32 Å². The minimum atomic E-state index is -0.881. The number of aromatic hydroxyl groups is 1. The fraction of sp³-hybridized carbons (Fsp3) is 0.375. The van der Waals surface area contributed by atoms with Crippen LogP contribution in [0.1, 0.15) is 46.4 Å². The van der Waals surface area contributed by atoms with Gasteiger partial charge in [-0.1, -0.05) is 12.8 Å². The normalized spacial score (nSPS) is 16.7. The van der Waals surface area contributed by atoms with Crippen molar-refractivity contribution in [1.29, 1.82) is 0 Å². The Morgan fingerprint density at radius 3 is 2.09 bits per heavy atom. The molecule has 1 aliphatic heterocycles. The van der Waals surface area contributed by atoms with Gasteiger partial charge < -0.3 is 20.2 Å². The van der Waals surface area contributed by atoms with Crippen molar-refractivity contribution in [2.75, 3.05) is 31.5 Å². The Kier molecular flexibility index (Phi) is 6.57. The number of hydrogen-bond acceptors (Lipinski definition) is 4. The molecule has 2 aromatic carbocycles. The Morgan fingerprint density at radius 1 is 0.879 bits per heavy atom. The van der Waals surface area contributed by atoms with Crippen LogP contribution in [0.25, 0.3) is 0 Å². The maximum atomic E-state index is 13.3. The summed E-state index contributed by atoms with van der Waals surface area (Å²) in [5.74, 6) is -2.94. The molecule has 3 amide bonds. The molecule has 1 aliphatic carbocycles. The van der Waals surface area contributed by atoms with Gasteiger partial charge >= 0.3 is 0 Å². The molecule has 2 N–H and O–H groups in total. The van der Waals surface area contributed by atoms with Crippen LogP contribution in [0.15, 0.2) is 36.4 Å². The van der Waals surface area contributed by atoms with E-state index < -0.39 is 17.5 Å². The van der Waals surface area contributed by atoms with Crippen molar-refractivity contribution >= 4 is 23.4 Å². The molecular formula is C24H25F2N3O4. The van der Waals surface area contributed by atoms with Crippen molar-refractivity contribution < 1.29 is 28.3 Å². The first-order valence-corrected chi connectivity index (χ1v) is 11.0. The molecule has 0 unspecified atom stereocenters. The second kappa shape index (κ2) is 9.56. The molecule has 1 saturated carbocycles. The van der Waals surface area contributed by atoms with Gasteiger partial charge in [0.15, 0.2) is 0 Å². The smallest absolute Gasteiger partial charge is 0.257 e. The Hall–Kier alpha value is -3.49. The molecule has 1 saturated heterocycles. The average molecular weight is 457 g/mol. The van der Waals surface area contributed by atoms with E-state index in [0.717, 1.165) is 37.8 Å². The van der Waals surface area contributed by atoms with E-state index in [0.29, 0.717) is 32.2 Å². The molecule has 2 fully saturated rings. The molecule has 1 heterocycles. The number of nitrogens with zero attached hydrogens (tertiary/aromatic N) is 2. The third-order valence-corrected chi connectivity index (χ3v) is 6.19. The number of rotatable bonds is 4. The van der Waals surface area contributed by atoms with Gasteiger partial charge in [-0.2, -0.15) is 0 Å². The van der Waals surface area contributed by atoms with Gasteiger partial charge in [0.05, 0.1) is 5.56 Å². The highest BCUT2D eigenvalue weighted by atomic mass is 19.1. The zero-order chi connectivity index (χ0) is 23.5. The molecule has 0 bridgehead atoms. The van der Waals surface area contributed by atoms with Crippen LogP contribution in [-0.4, -0.2) is 58.8 Å². The van der Waals surface area contributed by atoms with Gasteiger partial charge in [0, 0.05) is 55.5 Å². The van der Waals surface area contributed by atoms with Gasteiger partial charge in [0.25, 0.3) is 11.8 Å². The van der Waals surface area contributed by atoms with Gasteiger partial charge in [0.2, 0.25) is 5.91 Å². The number of carbonyl (C=O) groups excluding carboxylic acids is 3. The monoisotopic (exact) mass is 457 g/mol. The fourth-order valence-corrected chi connectivity index (χ4v) is 4.41. The maximum absolute atomic E-state index is 13.3. The lowest BCUT2D eigenvalue weighted by atomic mass is 10.1. The number of nitrogens with one attached hydrogen (secondary N) is 1. The molecular weight excluding hydrogens is 432 g/mol. The number of amides is 3. The number of benzene rings is 2. The third kappa shape index (κ3) is 5.13. The molecule has 0 aromatic heterocycles. The molecule has 9 heteroatoms. The van der Waals surface area contributed by atoms with Crippen LogP contribution in [0.2, 0.25) is 0 Å². The van der Waals surface area contributed by atoms with Crippen LogP contribution in [0, 0.1) is 17.6 Å². The first-order valence-electron chi connectivity index (χ1n) is 11.0. The lowest BCUT2D eigenvalue weighted by Crippen LogP contribution is -2.51. The molecule has 4 rings (SSSR count). The quantitative estimate of drug-likeness (QED) is 0.737. The summed E-state index contributed by atoms with van der Waals surface area (Å²) in [5.41, 5.74) is 0.0308. The summed E-state index contributed by atoms with van der Waals surface area (Å²) in [6.45, 7) is 1.67. The Labute approximate surface area is 190 Å². The second-order valence-corrected chi connectivity index (χ2v) is 8.44. The van der Waals surface area contributed by atoms with E-state index >= 15 is 0 Å². The van der Waals surface area contributed by atoms with Gasteiger partial charge in [0.1, 0.15) is 17.4 Å². The van der Waals surface area contributed by atoms with E-state index in [4.69, 9.17) is 0 Å². The average Bonchev–Trinajstić information content (AvgIpc) is 3.33. The lowest BCUT2D eigenvalue weighted by Gasteiger charge is -2.36. The number of anilines is 1. The molecule has 2 aliphatic rings. The number of halogens is 2. The van der Waals surface area contributed by atoms with Gasteiger partial charge in [-0.15, -0.1) is 0 Å². The SMILES string of the molecule is O=C(Nc1ccc(C(=O)N2CCN(C(=O)C3CCCC3)CC2)c(O)c1)c1cc(F)cc(F)c1. The molecule has 0 atom stereocenters. The minimum Gasteiger partial charge on any atom is -0.507 e. The molecule has 174 valence electrons. The second-order valence-electron chi connectivity index (χ2n) is 8.44. The van der Waals surface area contributed by atoms with E-state index in [-0.39, 0.29) is 40.3 Å². The molecule has 0 radical (unpaired) electrons. The largest absolute Gasteiger partial charge is 0.507 e. The van der Waals surface area contributed by atoms with Crippen LogP contribution in [0.5, 0.6) is 5.75 Å². The van der Waals surface area contributed by atoms with E-state index in [1.165, 1.54) is 18.2 Å². The predicted molar refractivity (Wildman–Crippen MR) is 117 cm³/mol. The number of carbonyl (C=O) groups is 3. The van der Waals surface area contributed by atoms with Crippen molar-refractivity contribution in [2.24, 2.45) is 5.92 Å². The highest BCUT2D eigenvalue weighted by Crippen LogP contribution is 2.28. The molecule has 7 nitrogen and oxygen atoms in total. The van der Waals surface area contributed by atoms with Crippen LogP contribution >= 0.6 is 0 Å². The van der Waals surface area contributed by atoms with E-state index in [9.17, 15) is 28.3 Å². The summed E-state index contributed by atoms with van der Waals surface area (Å²) in [4.78, 5) is 41.1. The van der Waals surface area contributed by atoms with Crippen molar-refractivity contribution in [1.82, 2.24) is 9.80 Å². The summed E-state index contributed by atoms with van der Waals surface area (Å²) in [5, 5.41) is 12.8. The van der Waals surface area contributed by atoms with Crippen LogP contribution in [-0.2, 0) is 4.79 Å². The van der Waals surface area contributed by atoms with Crippen LogP contribution < -0.4 is 5.32 Å². The van der Waals surface area contributed by atoms with Gasteiger partial charge in [-0.25, -0.2) is 8.78 Å². The van der Waals surface area contributed by atoms with Crippen LogP contribution in [0.3, 0.4) is 0 Å². The fourth-order valence-electron chi connectivity index (χ4n) is 4.41. The summed E-state index contributed by atoms with van der Waals surface area (Å²) in [6.07, 6.45) is 4.04. The number of hydrogen-bond donors (Lipinski definition) is 2. The van der Waals surface area contributed by atoms with E-state index in [1.54, 1.807) is 4.90 Å². The van der Waals surface area contributed by atoms with Gasteiger partial charge in [-0.05, 0) is 37.1 Å². The maximum Gasteiger partial charge on any atom is 0.257 e. The summed E-state index contributed by atoms with van der Waals surface area (Å²) >= 11 is 0. The molecule has 2 aromatic rings. The minimum absolute atomic E-state index is 0.0698. The molecule has 0 spiro atoms. The summed E-state index contributed by atoms with van der Waals surface area (Å²) in [6, 6.07) is 6.48. The number of phenols is 1. The first-order chi connectivity index (χ1) is 15.8. The zero-order valence-electron chi connectivity index (χ0n) is 18.0.